The normalized spacial score (nSPS) is 21.7. The Bertz CT molecular complexity index is 948. The van der Waals surface area contributed by atoms with Gasteiger partial charge in [0.05, 0.1) is 19.9 Å². The maximum atomic E-state index is 13.3. The summed E-state index contributed by atoms with van der Waals surface area (Å²) in [4.78, 5) is 15.0. The van der Waals surface area contributed by atoms with E-state index in [4.69, 9.17) is 14.2 Å². The third-order valence-electron chi connectivity index (χ3n) is 4.94. The van der Waals surface area contributed by atoms with Gasteiger partial charge in [-0.15, -0.1) is 0 Å². The standard InChI is InChI=1S/C22H21NO4/c1-4-23-18-14-20(26-3)19(25-2)13-17(18)22(21(23)24)11-10-16(27-22)12-15-8-6-5-7-9-15/h5-14H,4H2,1-3H3/b16-12+. The van der Waals surface area contributed by atoms with Crippen molar-refractivity contribution in [3.63, 3.8) is 0 Å². The lowest BCUT2D eigenvalue weighted by Gasteiger charge is -2.22. The van der Waals surface area contributed by atoms with Crippen LogP contribution in [0.3, 0.4) is 0 Å². The van der Waals surface area contributed by atoms with E-state index in [0.717, 1.165) is 16.8 Å². The molecule has 1 spiro atoms. The van der Waals surface area contributed by atoms with Crippen LogP contribution < -0.4 is 14.4 Å². The molecule has 0 N–H and O–H groups in total. The Morgan fingerprint density at radius 2 is 1.81 bits per heavy atom. The molecular weight excluding hydrogens is 342 g/mol. The summed E-state index contributed by atoms with van der Waals surface area (Å²) in [6.45, 7) is 2.48. The third kappa shape index (κ3) is 2.58. The quantitative estimate of drug-likeness (QED) is 0.827. The van der Waals surface area contributed by atoms with Crippen LogP contribution in [0.2, 0.25) is 0 Å². The molecule has 0 aliphatic carbocycles. The molecule has 0 radical (unpaired) electrons. The molecule has 0 fully saturated rings. The van der Waals surface area contributed by atoms with Gasteiger partial charge in [0.2, 0.25) is 5.60 Å². The van der Waals surface area contributed by atoms with E-state index in [1.807, 2.05) is 67.6 Å². The highest BCUT2D eigenvalue weighted by atomic mass is 16.5. The summed E-state index contributed by atoms with van der Waals surface area (Å²) in [5.41, 5.74) is 1.40. The van der Waals surface area contributed by atoms with Gasteiger partial charge in [-0.3, -0.25) is 4.79 Å². The van der Waals surface area contributed by atoms with Crippen molar-refractivity contribution in [1.82, 2.24) is 0 Å². The Morgan fingerprint density at radius 1 is 1.11 bits per heavy atom. The topological polar surface area (TPSA) is 48.0 Å². The second kappa shape index (κ2) is 6.50. The fourth-order valence-corrected chi connectivity index (χ4v) is 3.63. The fourth-order valence-electron chi connectivity index (χ4n) is 3.63. The average Bonchev–Trinajstić information content (AvgIpc) is 3.22. The molecule has 1 amide bonds. The van der Waals surface area contributed by atoms with Crippen molar-refractivity contribution in [3.8, 4) is 11.5 Å². The number of carbonyl (C=O) groups excluding carboxylic acids is 1. The summed E-state index contributed by atoms with van der Waals surface area (Å²) >= 11 is 0. The zero-order valence-corrected chi connectivity index (χ0v) is 15.6. The molecule has 0 saturated heterocycles. The average molecular weight is 363 g/mol. The molecule has 27 heavy (non-hydrogen) atoms. The van der Waals surface area contributed by atoms with Gasteiger partial charge in [-0.2, -0.15) is 0 Å². The summed E-state index contributed by atoms with van der Waals surface area (Å²) in [5, 5.41) is 0. The lowest BCUT2D eigenvalue weighted by Crippen LogP contribution is -2.39. The van der Waals surface area contributed by atoms with E-state index in [1.54, 1.807) is 19.1 Å². The Hall–Kier alpha value is -3.21. The minimum absolute atomic E-state index is 0.108. The van der Waals surface area contributed by atoms with Crippen LogP contribution in [0.15, 0.2) is 60.4 Å². The second-order valence-electron chi connectivity index (χ2n) is 6.40. The van der Waals surface area contributed by atoms with Gasteiger partial charge in [0.1, 0.15) is 5.76 Å². The van der Waals surface area contributed by atoms with Gasteiger partial charge in [-0.1, -0.05) is 30.3 Å². The highest BCUT2D eigenvalue weighted by Crippen LogP contribution is 2.51. The maximum absolute atomic E-state index is 13.3. The number of rotatable bonds is 4. The van der Waals surface area contributed by atoms with E-state index in [9.17, 15) is 4.79 Å². The lowest BCUT2D eigenvalue weighted by atomic mass is 9.95. The summed E-state index contributed by atoms with van der Waals surface area (Å²) in [5.74, 6) is 1.69. The van der Waals surface area contributed by atoms with Crippen LogP contribution in [-0.4, -0.2) is 26.7 Å². The summed E-state index contributed by atoms with van der Waals surface area (Å²) in [6, 6.07) is 13.5. The van der Waals surface area contributed by atoms with Crippen LogP contribution in [-0.2, 0) is 15.1 Å². The largest absolute Gasteiger partial charge is 0.493 e. The van der Waals surface area contributed by atoms with Gasteiger partial charge in [0.25, 0.3) is 5.91 Å². The van der Waals surface area contributed by atoms with E-state index in [-0.39, 0.29) is 5.91 Å². The molecule has 2 aliphatic rings. The number of amides is 1. The molecule has 0 saturated carbocycles. The van der Waals surface area contributed by atoms with Gasteiger partial charge in [-0.25, -0.2) is 0 Å². The predicted molar refractivity (Wildman–Crippen MR) is 104 cm³/mol. The highest BCUT2D eigenvalue weighted by molar-refractivity contribution is 6.09. The number of benzene rings is 2. The molecule has 1 unspecified atom stereocenters. The molecule has 4 rings (SSSR count). The zero-order chi connectivity index (χ0) is 19.0. The first-order chi connectivity index (χ1) is 13.1. The number of likely N-dealkylation sites (N-methyl/N-ethyl adjacent to an activating group) is 1. The molecule has 5 nitrogen and oxygen atoms in total. The first-order valence-electron chi connectivity index (χ1n) is 8.86. The number of allylic oxidation sites excluding steroid dienone is 1. The monoisotopic (exact) mass is 363 g/mol. The van der Waals surface area contributed by atoms with Crippen molar-refractivity contribution >= 4 is 17.7 Å². The van der Waals surface area contributed by atoms with Crippen molar-refractivity contribution in [2.75, 3.05) is 25.7 Å². The van der Waals surface area contributed by atoms with E-state index in [2.05, 4.69) is 0 Å². The number of ether oxygens (including phenoxy) is 3. The molecule has 2 heterocycles. The maximum Gasteiger partial charge on any atom is 0.280 e. The minimum Gasteiger partial charge on any atom is -0.493 e. The van der Waals surface area contributed by atoms with Crippen molar-refractivity contribution in [2.24, 2.45) is 0 Å². The first kappa shape index (κ1) is 17.2. The number of fused-ring (bicyclic) bond motifs is 2. The minimum atomic E-state index is -1.16. The summed E-state index contributed by atoms with van der Waals surface area (Å²) in [6.07, 6.45) is 5.60. The van der Waals surface area contributed by atoms with E-state index in [0.29, 0.717) is 23.8 Å². The Kier molecular flexibility index (Phi) is 4.15. The molecule has 2 aromatic carbocycles. The van der Waals surface area contributed by atoms with E-state index in [1.165, 1.54) is 0 Å². The van der Waals surface area contributed by atoms with Crippen molar-refractivity contribution in [2.45, 2.75) is 12.5 Å². The molecule has 138 valence electrons. The number of nitrogens with zero attached hydrogens (tertiary/aromatic N) is 1. The molecule has 5 heteroatoms. The van der Waals surface area contributed by atoms with Crippen LogP contribution in [0.5, 0.6) is 11.5 Å². The molecule has 0 aromatic heterocycles. The number of carbonyl (C=O) groups is 1. The van der Waals surface area contributed by atoms with Gasteiger partial charge < -0.3 is 19.1 Å². The van der Waals surface area contributed by atoms with Crippen LogP contribution >= 0.6 is 0 Å². The number of hydrogen-bond donors (Lipinski definition) is 0. The van der Waals surface area contributed by atoms with Crippen LogP contribution in [0.4, 0.5) is 5.69 Å². The molecule has 2 aliphatic heterocycles. The van der Waals surface area contributed by atoms with Crippen molar-refractivity contribution in [1.29, 1.82) is 0 Å². The van der Waals surface area contributed by atoms with Crippen molar-refractivity contribution in [3.05, 3.63) is 71.5 Å². The van der Waals surface area contributed by atoms with E-state index < -0.39 is 5.60 Å². The summed E-state index contributed by atoms with van der Waals surface area (Å²) in [7, 11) is 3.16. The summed E-state index contributed by atoms with van der Waals surface area (Å²) < 4.78 is 17.1. The Morgan fingerprint density at radius 3 is 2.48 bits per heavy atom. The second-order valence-corrected chi connectivity index (χ2v) is 6.40. The SMILES string of the molecule is CCN1C(=O)C2(C=C/C(=C\c3ccccc3)O2)c2cc(OC)c(OC)cc21. The highest BCUT2D eigenvalue weighted by Gasteiger charge is 2.54. The predicted octanol–water partition coefficient (Wildman–Crippen LogP) is 3.89. The first-order valence-corrected chi connectivity index (χ1v) is 8.86. The Balaban J connectivity index is 1.80. The van der Waals surface area contributed by atoms with Gasteiger partial charge in [-0.05, 0) is 36.8 Å². The fraction of sp³-hybridized carbons (Fsp3) is 0.227. The smallest absolute Gasteiger partial charge is 0.280 e. The Labute approximate surface area is 158 Å². The van der Waals surface area contributed by atoms with Gasteiger partial charge >= 0.3 is 0 Å². The van der Waals surface area contributed by atoms with Crippen molar-refractivity contribution < 1.29 is 19.0 Å². The molecule has 0 bridgehead atoms. The van der Waals surface area contributed by atoms with Crippen LogP contribution in [0, 0.1) is 0 Å². The number of hydrogen-bond acceptors (Lipinski definition) is 4. The lowest BCUT2D eigenvalue weighted by molar-refractivity contribution is -0.131. The van der Waals surface area contributed by atoms with Crippen LogP contribution in [0.25, 0.3) is 6.08 Å². The van der Waals surface area contributed by atoms with Gasteiger partial charge in [0, 0.05) is 18.2 Å². The molecule has 1 atom stereocenters. The molecular formula is C22H21NO4. The number of methoxy groups -OCH3 is 2. The third-order valence-corrected chi connectivity index (χ3v) is 4.94. The molecule has 2 aromatic rings. The van der Waals surface area contributed by atoms with E-state index >= 15 is 0 Å². The number of anilines is 1. The van der Waals surface area contributed by atoms with Gasteiger partial charge in [0.15, 0.2) is 11.5 Å². The zero-order valence-electron chi connectivity index (χ0n) is 15.6. The van der Waals surface area contributed by atoms with Crippen LogP contribution in [0.1, 0.15) is 18.1 Å².